The summed E-state index contributed by atoms with van der Waals surface area (Å²) in [5.74, 6) is 0.269. The van der Waals surface area contributed by atoms with Crippen molar-refractivity contribution in [1.29, 1.82) is 0 Å². The zero-order valence-electron chi connectivity index (χ0n) is 7.69. The van der Waals surface area contributed by atoms with Crippen LogP contribution in [-0.4, -0.2) is 12.4 Å². The number of rotatable bonds is 5. The molecule has 0 aliphatic heterocycles. The normalized spacial score (nSPS) is 10.5. The van der Waals surface area contributed by atoms with E-state index in [-0.39, 0.29) is 10.8 Å². The van der Waals surface area contributed by atoms with Crippen molar-refractivity contribution in [2.75, 3.05) is 12.4 Å². The molecular formula is C10H12Cl2FN. The van der Waals surface area contributed by atoms with E-state index >= 15 is 0 Å². The van der Waals surface area contributed by atoms with Gasteiger partial charge in [-0.15, -0.1) is 11.6 Å². The molecule has 0 saturated heterocycles. The maximum Gasteiger partial charge on any atom is 0.142 e. The number of hydrogen-bond donors (Lipinski definition) is 1. The maximum absolute atomic E-state index is 13.0. The Bertz CT molecular complexity index is 291. The van der Waals surface area contributed by atoms with E-state index in [1.807, 2.05) is 0 Å². The van der Waals surface area contributed by atoms with Gasteiger partial charge >= 0.3 is 0 Å². The van der Waals surface area contributed by atoms with Crippen molar-refractivity contribution in [3.63, 3.8) is 0 Å². The minimum Gasteiger partial charge on any atom is -0.313 e. The van der Waals surface area contributed by atoms with Crippen LogP contribution in [0.5, 0.6) is 0 Å². The van der Waals surface area contributed by atoms with Crippen LogP contribution in [0.4, 0.5) is 4.39 Å². The summed E-state index contributed by atoms with van der Waals surface area (Å²) in [7, 11) is 0. The largest absolute Gasteiger partial charge is 0.313 e. The Kier molecular flexibility index (Phi) is 5.23. The molecule has 0 heterocycles. The lowest BCUT2D eigenvalue weighted by Gasteiger charge is -2.04. The quantitative estimate of drug-likeness (QED) is 0.611. The molecule has 0 aromatic heterocycles. The molecular weight excluding hydrogens is 224 g/mol. The third-order valence-electron chi connectivity index (χ3n) is 1.80. The zero-order chi connectivity index (χ0) is 10.4. The molecule has 0 aliphatic rings. The van der Waals surface area contributed by atoms with Crippen molar-refractivity contribution in [3.8, 4) is 0 Å². The molecule has 4 heteroatoms. The lowest BCUT2D eigenvalue weighted by molar-refractivity contribution is 0.620. The standard InChI is InChI=1S/C10H12Cl2FN/c11-4-1-5-14-7-8-2-3-9(12)10(13)6-8/h2-3,6,14H,1,4-5,7H2. The number of benzene rings is 1. The van der Waals surface area contributed by atoms with Gasteiger partial charge in [-0.3, -0.25) is 0 Å². The molecule has 1 nitrogen and oxygen atoms in total. The number of halogens is 3. The van der Waals surface area contributed by atoms with Crippen LogP contribution in [0.3, 0.4) is 0 Å². The van der Waals surface area contributed by atoms with E-state index in [9.17, 15) is 4.39 Å². The first-order valence-corrected chi connectivity index (χ1v) is 5.36. The van der Waals surface area contributed by atoms with Gasteiger partial charge in [-0.25, -0.2) is 4.39 Å². The van der Waals surface area contributed by atoms with Crippen molar-refractivity contribution in [2.24, 2.45) is 0 Å². The second-order valence-corrected chi connectivity index (χ2v) is 3.75. The van der Waals surface area contributed by atoms with E-state index in [0.717, 1.165) is 18.5 Å². The first-order chi connectivity index (χ1) is 6.74. The molecule has 0 spiro atoms. The molecule has 14 heavy (non-hydrogen) atoms. The van der Waals surface area contributed by atoms with E-state index in [0.29, 0.717) is 12.4 Å². The molecule has 78 valence electrons. The first kappa shape index (κ1) is 11.8. The van der Waals surface area contributed by atoms with E-state index in [1.54, 1.807) is 12.1 Å². The van der Waals surface area contributed by atoms with E-state index in [1.165, 1.54) is 6.07 Å². The molecule has 0 unspecified atom stereocenters. The number of alkyl halides is 1. The van der Waals surface area contributed by atoms with Crippen LogP contribution in [0.2, 0.25) is 5.02 Å². The van der Waals surface area contributed by atoms with Crippen LogP contribution in [0.25, 0.3) is 0 Å². The summed E-state index contributed by atoms with van der Waals surface area (Å²) in [6.07, 6.45) is 0.914. The molecule has 0 radical (unpaired) electrons. The Labute approximate surface area is 93.2 Å². The first-order valence-electron chi connectivity index (χ1n) is 4.44. The highest BCUT2D eigenvalue weighted by atomic mass is 35.5. The fraction of sp³-hybridized carbons (Fsp3) is 0.400. The molecule has 0 aliphatic carbocycles. The van der Waals surface area contributed by atoms with Gasteiger partial charge in [0.25, 0.3) is 0 Å². The minimum absolute atomic E-state index is 0.162. The zero-order valence-corrected chi connectivity index (χ0v) is 9.21. The lowest BCUT2D eigenvalue weighted by Crippen LogP contribution is -2.15. The van der Waals surface area contributed by atoms with Crippen molar-refractivity contribution < 1.29 is 4.39 Å². The van der Waals surface area contributed by atoms with Gasteiger partial charge in [-0.1, -0.05) is 17.7 Å². The van der Waals surface area contributed by atoms with Crippen molar-refractivity contribution in [1.82, 2.24) is 5.32 Å². The summed E-state index contributed by atoms with van der Waals surface area (Å²) >= 11 is 11.1. The predicted octanol–water partition coefficient (Wildman–Crippen LogP) is 3.20. The molecule has 0 bridgehead atoms. The Balaban J connectivity index is 2.39. The van der Waals surface area contributed by atoms with Crippen LogP contribution in [0.1, 0.15) is 12.0 Å². The molecule has 1 rings (SSSR count). The third-order valence-corrected chi connectivity index (χ3v) is 2.37. The fourth-order valence-corrected chi connectivity index (χ4v) is 1.33. The average molecular weight is 236 g/mol. The smallest absolute Gasteiger partial charge is 0.142 e. The van der Waals surface area contributed by atoms with Gasteiger partial charge in [0.15, 0.2) is 0 Å². The van der Waals surface area contributed by atoms with Gasteiger partial charge < -0.3 is 5.32 Å². The highest BCUT2D eigenvalue weighted by Gasteiger charge is 2.00. The number of nitrogens with one attached hydrogen (secondary N) is 1. The van der Waals surface area contributed by atoms with Gasteiger partial charge in [0.1, 0.15) is 5.82 Å². The van der Waals surface area contributed by atoms with Crippen LogP contribution in [0, 0.1) is 5.82 Å². The van der Waals surface area contributed by atoms with Crippen LogP contribution < -0.4 is 5.32 Å². The van der Waals surface area contributed by atoms with E-state index < -0.39 is 0 Å². The molecule has 0 fully saturated rings. The third kappa shape index (κ3) is 3.82. The lowest BCUT2D eigenvalue weighted by atomic mass is 10.2. The molecule has 1 aromatic carbocycles. The molecule has 0 saturated carbocycles. The van der Waals surface area contributed by atoms with Gasteiger partial charge in [0, 0.05) is 12.4 Å². The predicted molar refractivity (Wildman–Crippen MR) is 58.5 cm³/mol. The Hall–Kier alpha value is -0.310. The SMILES string of the molecule is Fc1cc(CNCCCCl)ccc1Cl. The molecule has 1 N–H and O–H groups in total. The van der Waals surface area contributed by atoms with Crippen LogP contribution in [-0.2, 0) is 6.54 Å². The summed E-state index contributed by atoms with van der Waals surface area (Å²) < 4.78 is 13.0. The average Bonchev–Trinajstić information content (AvgIpc) is 2.18. The highest BCUT2D eigenvalue weighted by Crippen LogP contribution is 2.15. The van der Waals surface area contributed by atoms with E-state index in [2.05, 4.69) is 5.32 Å². The molecule has 0 amide bonds. The van der Waals surface area contributed by atoms with Crippen molar-refractivity contribution in [3.05, 3.63) is 34.6 Å². The van der Waals surface area contributed by atoms with Crippen molar-refractivity contribution in [2.45, 2.75) is 13.0 Å². The van der Waals surface area contributed by atoms with Crippen LogP contribution >= 0.6 is 23.2 Å². The fourth-order valence-electron chi connectivity index (χ4n) is 1.07. The summed E-state index contributed by atoms with van der Waals surface area (Å²) in [6.45, 7) is 1.48. The second-order valence-electron chi connectivity index (χ2n) is 2.97. The Morgan fingerprint density at radius 2 is 2.14 bits per heavy atom. The Morgan fingerprint density at radius 1 is 1.36 bits per heavy atom. The second kappa shape index (κ2) is 6.23. The highest BCUT2D eigenvalue weighted by molar-refractivity contribution is 6.30. The van der Waals surface area contributed by atoms with Gasteiger partial charge in [-0.05, 0) is 30.7 Å². The van der Waals surface area contributed by atoms with Crippen molar-refractivity contribution >= 4 is 23.2 Å². The van der Waals surface area contributed by atoms with Gasteiger partial charge in [-0.2, -0.15) is 0 Å². The monoisotopic (exact) mass is 235 g/mol. The summed E-state index contributed by atoms with van der Waals surface area (Å²) in [6, 6.07) is 4.81. The molecule has 0 atom stereocenters. The summed E-state index contributed by atoms with van der Waals surface area (Å²) in [5, 5.41) is 3.32. The Morgan fingerprint density at radius 3 is 2.79 bits per heavy atom. The maximum atomic E-state index is 13.0. The van der Waals surface area contributed by atoms with Gasteiger partial charge in [0.2, 0.25) is 0 Å². The van der Waals surface area contributed by atoms with E-state index in [4.69, 9.17) is 23.2 Å². The summed E-state index contributed by atoms with van der Waals surface area (Å²) in [4.78, 5) is 0. The minimum atomic E-state index is -0.372. The molecule has 1 aromatic rings. The van der Waals surface area contributed by atoms with Gasteiger partial charge in [0.05, 0.1) is 5.02 Å². The van der Waals surface area contributed by atoms with Crippen LogP contribution in [0.15, 0.2) is 18.2 Å². The number of hydrogen-bond acceptors (Lipinski definition) is 1. The summed E-state index contributed by atoms with van der Waals surface area (Å²) in [5.41, 5.74) is 0.890. The topological polar surface area (TPSA) is 12.0 Å².